The fourth-order valence-corrected chi connectivity index (χ4v) is 7.90. The molecular formula is C39H45Cl3F2K2N6O9. The molecule has 0 aromatic carbocycles. The van der Waals surface area contributed by atoms with Crippen LogP contribution < -0.4 is 118 Å². The maximum absolute atomic E-state index is 13.6. The molecule has 4 bridgehead atoms. The molecule has 61 heavy (non-hydrogen) atoms. The van der Waals surface area contributed by atoms with Gasteiger partial charge in [-0.3, -0.25) is 4.79 Å². The van der Waals surface area contributed by atoms with E-state index in [1.165, 1.54) is 16.8 Å². The maximum Gasteiger partial charge on any atom is 1.00 e. The third-order valence-electron chi connectivity index (χ3n) is 9.41. The van der Waals surface area contributed by atoms with E-state index in [4.69, 9.17) is 63.8 Å². The van der Waals surface area contributed by atoms with Gasteiger partial charge in [-0.15, -0.1) is 5.10 Å². The van der Waals surface area contributed by atoms with Crippen LogP contribution in [0.25, 0.3) is 5.82 Å². The summed E-state index contributed by atoms with van der Waals surface area (Å²) in [7, 11) is 0. The number of rotatable bonds is 10. The molecular weight excluding hydrogens is 919 g/mol. The van der Waals surface area contributed by atoms with Crippen LogP contribution in [-0.2, 0) is 19.2 Å². The predicted octanol–water partition coefficient (Wildman–Crippen LogP) is 1.73. The molecule has 4 heterocycles. The Morgan fingerprint density at radius 1 is 0.803 bits per heavy atom. The third kappa shape index (κ3) is 15.1. The average Bonchev–Trinajstić information content (AvgIpc) is 3.79. The number of aromatic amines is 1. The molecule has 0 radical (unpaired) electrons. The molecule has 0 saturated heterocycles. The Labute approximate surface area is 453 Å². The number of carbonyl (C=O) groups excluding carboxylic acids is 3. The average molecular weight is 964 g/mol. The summed E-state index contributed by atoms with van der Waals surface area (Å²) < 4.78 is 49.8. The van der Waals surface area contributed by atoms with E-state index in [1.807, 2.05) is 0 Å². The van der Waals surface area contributed by atoms with Gasteiger partial charge in [0, 0.05) is 29.2 Å². The van der Waals surface area contributed by atoms with Crippen molar-refractivity contribution < 1.29 is 156 Å². The van der Waals surface area contributed by atoms with Crippen LogP contribution in [0.1, 0.15) is 102 Å². The number of pyridine rings is 2. The van der Waals surface area contributed by atoms with Crippen LogP contribution in [0.15, 0.2) is 48.8 Å². The standard InChI is InChI=1S/C19H21ClFN3O3.C10H11Cl2NO2.C9H11FN2O.CH2O3.2K.H/c1-17(2,3)27-16(25)12-4-5-13(22-15(12)20)24-7-6-14(23-24)26-11-18-8-19(21,9-18)10-18;1-10(2,3)15-9(14)6-4-5-7(11)13-8(6)12;10-9-3-8(4-9,5-9)6-13-7-1-2-11-12-7;2-1-4-3;;;/h4-7H,8-11H2,1-3H3;4-5H,1-3H3;1-2H,3-6H2,(H,11,12);1,3H;;;/q;;;;2*+1;-1/p-1. The summed E-state index contributed by atoms with van der Waals surface area (Å²) in [4.78, 5) is 43.0. The van der Waals surface area contributed by atoms with Crippen LogP contribution in [-0.4, -0.2) is 84.1 Å². The van der Waals surface area contributed by atoms with E-state index in [0.29, 0.717) is 69.3 Å². The largest absolute Gasteiger partial charge is 1.00 e. The molecule has 6 saturated carbocycles. The normalized spacial score (nSPS) is 23.3. The van der Waals surface area contributed by atoms with Gasteiger partial charge in [-0.25, -0.2) is 38.1 Å². The molecule has 4 aromatic rings. The van der Waals surface area contributed by atoms with Crippen LogP contribution >= 0.6 is 34.8 Å². The number of hydrogen-bond acceptors (Lipinski definition) is 13. The molecule has 322 valence electrons. The number of hydrogen-bond donors (Lipinski definition) is 1. The number of alkyl halides is 2. The van der Waals surface area contributed by atoms with E-state index < -0.39 is 34.5 Å². The summed E-state index contributed by atoms with van der Waals surface area (Å²) in [5.74, 6) is 0.548. The van der Waals surface area contributed by atoms with Crippen LogP contribution in [0.4, 0.5) is 8.78 Å². The molecule has 15 nitrogen and oxygen atoms in total. The molecule has 22 heteroatoms. The minimum Gasteiger partial charge on any atom is -1.00 e. The van der Waals surface area contributed by atoms with Crippen molar-refractivity contribution >= 4 is 53.2 Å². The Balaban J connectivity index is 0.000000322. The first-order valence-electron chi connectivity index (χ1n) is 18.3. The smallest absolute Gasteiger partial charge is 1.00 e. The zero-order valence-electron chi connectivity index (χ0n) is 36.2. The first-order valence-corrected chi connectivity index (χ1v) is 19.5. The fourth-order valence-electron chi connectivity index (χ4n) is 7.26. The van der Waals surface area contributed by atoms with Crippen molar-refractivity contribution in [2.45, 2.75) is 103 Å². The molecule has 0 amide bonds. The number of nitrogens with zero attached hydrogens (tertiary/aromatic N) is 5. The summed E-state index contributed by atoms with van der Waals surface area (Å²) in [6.45, 7) is 11.6. The van der Waals surface area contributed by atoms with Crippen molar-refractivity contribution in [1.29, 1.82) is 0 Å². The summed E-state index contributed by atoms with van der Waals surface area (Å²) in [5.41, 5.74) is -2.36. The number of ether oxygens (including phenoxy) is 4. The van der Waals surface area contributed by atoms with E-state index in [1.54, 1.807) is 78.2 Å². The van der Waals surface area contributed by atoms with Gasteiger partial charge < -0.3 is 30.5 Å². The summed E-state index contributed by atoms with van der Waals surface area (Å²) >= 11 is 17.5. The summed E-state index contributed by atoms with van der Waals surface area (Å²) in [5, 5.41) is 19.6. The Kier molecular flexibility index (Phi) is 19.3. The van der Waals surface area contributed by atoms with Crippen molar-refractivity contribution in [2.24, 2.45) is 10.8 Å². The van der Waals surface area contributed by atoms with Crippen molar-refractivity contribution in [3.05, 3.63) is 75.4 Å². The number of esters is 2. The van der Waals surface area contributed by atoms with Crippen LogP contribution in [0, 0.1) is 10.8 Å². The molecule has 0 spiro atoms. The minimum atomic E-state index is -0.931. The monoisotopic (exact) mass is 962 g/mol. The van der Waals surface area contributed by atoms with Gasteiger partial charge in [0.05, 0.1) is 30.5 Å². The maximum atomic E-state index is 13.6. The van der Waals surface area contributed by atoms with E-state index in [2.05, 4.69) is 30.2 Å². The van der Waals surface area contributed by atoms with E-state index in [-0.39, 0.29) is 148 Å². The van der Waals surface area contributed by atoms with Gasteiger partial charge in [0.1, 0.15) is 38.0 Å². The number of carbonyl (C=O) groups is 3. The van der Waals surface area contributed by atoms with Crippen LogP contribution in [0.2, 0.25) is 15.5 Å². The van der Waals surface area contributed by atoms with E-state index in [0.717, 1.165) is 0 Å². The molecule has 4 aromatic heterocycles. The van der Waals surface area contributed by atoms with E-state index >= 15 is 0 Å². The Morgan fingerprint density at radius 3 is 1.69 bits per heavy atom. The first-order chi connectivity index (χ1) is 27.5. The number of aromatic nitrogens is 6. The van der Waals surface area contributed by atoms with Crippen molar-refractivity contribution in [1.82, 2.24) is 29.9 Å². The van der Waals surface area contributed by atoms with Crippen LogP contribution in [0.5, 0.6) is 11.8 Å². The number of nitrogens with one attached hydrogen (secondary N) is 1. The molecule has 0 unspecified atom stereocenters. The van der Waals surface area contributed by atoms with Gasteiger partial charge in [0.25, 0.3) is 6.47 Å². The second-order valence-electron chi connectivity index (χ2n) is 17.1. The molecule has 6 aliphatic carbocycles. The second-order valence-corrected chi connectivity index (χ2v) is 18.2. The molecule has 1 N–H and O–H groups in total. The number of halogens is 5. The zero-order valence-corrected chi connectivity index (χ0v) is 43.7. The van der Waals surface area contributed by atoms with Crippen molar-refractivity contribution in [3.8, 4) is 17.6 Å². The third-order valence-corrected chi connectivity index (χ3v) is 10.2. The quantitative estimate of drug-likeness (QED) is 0.0605. The van der Waals surface area contributed by atoms with Gasteiger partial charge in [0.15, 0.2) is 5.82 Å². The van der Waals surface area contributed by atoms with Gasteiger partial charge in [-0.2, -0.15) is 5.10 Å². The fraction of sp³-hybridized carbons (Fsp3) is 0.513. The molecule has 10 rings (SSSR count). The Morgan fingerprint density at radius 2 is 1.28 bits per heavy atom. The minimum absolute atomic E-state index is 0. The summed E-state index contributed by atoms with van der Waals surface area (Å²) in [6.07, 6.45) is 7.17. The van der Waals surface area contributed by atoms with Gasteiger partial charge >= 0.3 is 115 Å². The number of H-pyrrole nitrogens is 1. The second kappa shape index (κ2) is 21.8. The molecule has 6 aliphatic rings. The topological polar surface area (TPSA) is 193 Å². The van der Waals surface area contributed by atoms with Crippen molar-refractivity contribution in [2.75, 3.05) is 13.2 Å². The van der Waals surface area contributed by atoms with Gasteiger partial charge in [-0.05, 0) is 104 Å². The first kappa shape index (κ1) is 54.0. The van der Waals surface area contributed by atoms with Gasteiger partial charge in [-0.1, -0.05) is 34.8 Å². The SMILES string of the molecule is CC(C)(C)OC(=O)c1ccc(-n2ccc(OCC34CC(F)(C3)C4)n2)nc1Cl.CC(C)(C)OC(=O)c1ccc(Cl)nc1Cl.FC12CC(COc3ccn[nH]3)(C1)C2.O=CO[O-].[H-].[K+].[K+]. The Bertz CT molecular complexity index is 2110. The predicted molar refractivity (Wildman–Crippen MR) is 209 cm³/mol. The van der Waals surface area contributed by atoms with Crippen LogP contribution in [0.3, 0.4) is 0 Å². The molecule has 0 aliphatic heterocycles. The van der Waals surface area contributed by atoms with Crippen molar-refractivity contribution in [3.63, 3.8) is 0 Å². The molecule has 0 atom stereocenters. The van der Waals surface area contributed by atoms with E-state index in [9.17, 15) is 18.4 Å². The Hall–Kier alpha value is -1.31. The molecule has 6 fully saturated rings. The summed E-state index contributed by atoms with van der Waals surface area (Å²) in [6, 6.07) is 9.67. The zero-order chi connectivity index (χ0) is 43.4. The van der Waals surface area contributed by atoms with Gasteiger partial charge in [0.2, 0.25) is 11.8 Å².